The topological polar surface area (TPSA) is 69.2 Å². The number of methoxy groups -OCH3 is 1. The third kappa shape index (κ3) is 2.69. The molecule has 0 radical (unpaired) electrons. The molecule has 2 aromatic carbocycles. The third-order valence-electron chi connectivity index (χ3n) is 2.95. The molecule has 0 saturated heterocycles. The molecule has 0 spiro atoms. The molecule has 1 N–H and O–H groups in total. The van der Waals surface area contributed by atoms with Crippen molar-refractivity contribution in [1.82, 2.24) is 15.0 Å². The summed E-state index contributed by atoms with van der Waals surface area (Å²) in [6, 6.07) is 14.2. The molecule has 21 heavy (non-hydrogen) atoms. The maximum Gasteiger partial charge on any atom is 0.330 e. The second-order valence-corrected chi connectivity index (χ2v) is 4.26. The third-order valence-corrected chi connectivity index (χ3v) is 2.95. The van der Waals surface area contributed by atoms with Crippen molar-refractivity contribution in [3.63, 3.8) is 0 Å². The summed E-state index contributed by atoms with van der Waals surface area (Å²) in [5.41, 5.74) is 0. The average molecular weight is 282 g/mol. The summed E-state index contributed by atoms with van der Waals surface area (Å²) in [4.78, 5) is 12.3. The smallest absolute Gasteiger partial charge is 0.330 e. The van der Waals surface area contributed by atoms with E-state index in [0.29, 0.717) is 11.7 Å². The Labute approximate surface area is 121 Å². The van der Waals surface area contributed by atoms with Crippen LogP contribution in [0.3, 0.4) is 0 Å². The van der Waals surface area contributed by atoms with Crippen LogP contribution in [0.25, 0.3) is 10.8 Å². The zero-order valence-electron chi connectivity index (χ0n) is 11.7. The highest BCUT2D eigenvalue weighted by molar-refractivity contribution is 5.88. The molecule has 0 aliphatic carbocycles. The van der Waals surface area contributed by atoms with Crippen molar-refractivity contribution in [2.24, 2.45) is 0 Å². The van der Waals surface area contributed by atoms with Crippen molar-refractivity contribution in [1.29, 1.82) is 0 Å². The average Bonchev–Trinajstić information content (AvgIpc) is 2.55. The summed E-state index contributed by atoms with van der Waals surface area (Å²) in [5.74, 6) is 1.07. The second-order valence-electron chi connectivity index (χ2n) is 4.26. The Morgan fingerprint density at radius 2 is 1.67 bits per heavy atom. The summed E-state index contributed by atoms with van der Waals surface area (Å²) in [5, 5.41) is 4.92. The lowest BCUT2D eigenvalue weighted by Crippen LogP contribution is -2.03. The van der Waals surface area contributed by atoms with Gasteiger partial charge < -0.3 is 14.8 Å². The molecule has 0 fully saturated rings. The Morgan fingerprint density at radius 1 is 0.905 bits per heavy atom. The SMILES string of the molecule is CNc1nc(OC)nc(Oc2cccc3ccccc23)n1. The van der Waals surface area contributed by atoms with E-state index in [9.17, 15) is 0 Å². The van der Waals surface area contributed by atoms with Crippen molar-refractivity contribution in [3.05, 3.63) is 42.5 Å². The maximum atomic E-state index is 5.79. The molecule has 0 unspecified atom stereocenters. The molecule has 6 heteroatoms. The first-order chi connectivity index (χ1) is 10.3. The number of hydrogen-bond donors (Lipinski definition) is 1. The zero-order valence-corrected chi connectivity index (χ0v) is 11.7. The minimum Gasteiger partial charge on any atom is -0.467 e. The van der Waals surface area contributed by atoms with Crippen molar-refractivity contribution in [2.45, 2.75) is 0 Å². The van der Waals surface area contributed by atoms with Gasteiger partial charge in [0.2, 0.25) is 5.95 Å². The van der Waals surface area contributed by atoms with E-state index in [1.165, 1.54) is 7.11 Å². The largest absolute Gasteiger partial charge is 0.467 e. The predicted molar refractivity (Wildman–Crippen MR) is 79.9 cm³/mol. The van der Waals surface area contributed by atoms with Crippen molar-refractivity contribution >= 4 is 16.7 Å². The molecule has 6 nitrogen and oxygen atoms in total. The van der Waals surface area contributed by atoms with Crippen LogP contribution < -0.4 is 14.8 Å². The fraction of sp³-hybridized carbons (Fsp3) is 0.133. The quantitative estimate of drug-likeness (QED) is 0.793. The molecule has 0 saturated carbocycles. The van der Waals surface area contributed by atoms with E-state index in [1.807, 2.05) is 42.5 Å². The molecular weight excluding hydrogens is 268 g/mol. The number of rotatable bonds is 4. The first-order valence-corrected chi connectivity index (χ1v) is 6.43. The molecule has 3 rings (SSSR count). The normalized spacial score (nSPS) is 10.4. The van der Waals surface area contributed by atoms with Crippen LogP contribution in [-0.4, -0.2) is 29.1 Å². The lowest BCUT2D eigenvalue weighted by molar-refractivity contribution is 0.361. The molecule has 1 heterocycles. The van der Waals surface area contributed by atoms with Crippen molar-refractivity contribution in [2.75, 3.05) is 19.5 Å². The molecule has 0 bridgehead atoms. The van der Waals surface area contributed by atoms with Gasteiger partial charge in [0.15, 0.2) is 0 Å². The molecule has 0 atom stereocenters. The molecule has 0 aliphatic heterocycles. The molecule has 3 aromatic rings. The number of nitrogens with zero attached hydrogens (tertiary/aromatic N) is 3. The minimum absolute atomic E-state index is 0.183. The van der Waals surface area contributed by atoms with Gasteiger partial charge in [-0.1, -0.05) is 36.4 Å². The second kappa shape index (κ2) is 5.62. The van der Waals surface area contributed by atoms with Crippen LogP contribution in [0.5, 0.6) is 17.8 Å². The number of nitrogens with one attached hydrogen (secondary N) is 1. The van der Waals surface area contributed by atoms with Gasteiger partial charge in [-0.25, -0.2) is 0 Å². The van der Waals surface area contributed by atoms with E-state index in [4.69, 9.17) is 9.47 Å². The fourth-order valence-corrected chi connectivity index (χ4v) is 1.97. The lowest BCUT2D eigenvalue weighted by Gasteiger charge is -2.09. The van der Waals surface area contributed by atoms with E-state index in [-0.39, 0.29) is 12.0 Å². The first-order valence-electron chi connectivity index (χ1n) is 6.43. The Kier molecular flexibility index (Phi) is 3.51. The maximum absolute atomic E-state index is 5.79. The van der Waals surface area contributed by atoms with E-state index in [2.05, 4.69) is 20.3 Å². The van der Waals surface area contributed by atoms with Crippen LogP contribution in [0.4, 0.5) is 5.95 Å². The van der Waals surface area contributed by atoms with Crippen molar-refractivity contribution < 1.29 is 9.47 Å². The Balaban J connectivity index is 2.02. The van der Waals surface area contributed by atoms with Crippen LogP contribution in [0.15, 0.2) is 42.5 Å². The zero-order chi connectivity index (χ0) is 14.7. The van der Waals surface area contributed by atoms with Gasteiger partial charge in [-0.3, -0.25) is 0 Å². The standard InChI is InChI=1S/C15H14N4O2/c1-16-13-17-14(20-2)19-15(18-13)21-12-9-5-7-10-6-3-4-8-11(10)12/h3-9H,1-2H3,(H,16,17,18,19). The Morgan fingerprint density at radius 3 is 2.48 bits per heavy atom. The van der Waals surface area contributed by atoms with Gasteiger partial charge in [0.25, 0.3) is 0 Å². The Hall–Kier alpha value is -2.89. The Bertz CT molecular complexity index is 749. The summed E-state index contributed by atoms with van der Waals surface area (Å²) in [7, 11) is 3.22. The van der Waals surface area contributed by atoms with Gasteiger partial charge in [0.05, 0.1) is 7.11 Å². The van der Waals surface area contributed by atoms with Crippen LogP contribution in [0, 0.1) is 0 Å². The summed E-state index contributed by atoms with van der Waals surface area (Å²) >= 11 is 0. The van der Waals surface area contributed by atoms with E-state index in [1.54, 1.807) is 7.05 Å². The van der Waals surface area contributed by atoms with Gasteiger partial charge in [0.1, 0.15) is 5.75 Å². The number of anilines is 1. The molecule has 0 amide bonds. The molecule has 106 valence electrons. The van der Waals surface area contributed by atoms with E-state index < -0.39 is 0 Å². The monoisotopic (exact) mass is 282 g/mol. The number of aromatic nitrogens is 3. The van der Waals surface area contributed by atoms with E-state index >= 15 is 0 Å². The highest BCUT2D eigenvalue weighted by Gasteiger charge is 2.09. The van der Waals surface area contributed by atoms with Crippen LogP contribution in [0.1, 0.15) is 0 Å². The van der Waals surface area contributed by atoms with Gasteiger partial charge >= 0.3 is 12.0 Å². The molecule has 0 aliphatic rings. The van der Waals surface area contributed by atoms with Gasteiger partial charge in [-0.2, -0.15) is 9.97 Å². The highest BCUT2D eigenvalue weighted by Crippen LogP contribution is 2.28. The molecular formula is C15H14N4O2. The number of fused-ring (bicyclic) bond motifs is 1. The fourth-order valence-electron chi connectivity index (χ4n) is 1.97. The van der Waals surface area contributed by atoms with Gasteiger partial charge in [-0.15, -0.1) is 4.98 Å². The van der Waals surface area contributed by atoms with Gasteiger partial charge in [-0.05, 0) is 11.5 Å². The highest BCUT2D eigenvalue weighted by atomic mass is 16.5. The van der Waals surface area contributed by atoms with Crippen molar-refractivity contribution in [3.8, 4) is 17.8 Å². The summed E-state index contributed by atoms with van der Waals surface area (Å²) < 4.78 is 10.8. The van der Waals surface area contributed by atoms with Crippen LogP contribution in [0.2, 0.25) is 0 Å². The predicted octanol–water partition coefficient (Wildman–Crippen LogP) is 2.87. The lowest BCUT2D eigenvalue weighted by atomic mass is 10.1. The number of ether oxygens (including phenoxy) is 2. The summed E-state index contributed by atoms with van der Waals surface area (Å²) in [6.45, 7) is 0. The van der Waals surface area contributed by atoms with E-state index in [0.717, 1.165) is 10.8 Å². The van der Waals surface area contributed by atoms with Crippen LogP contribution in [-0.2, 0) is 0 Å². The van der Waals surface area contributed by atoms with Crippen LogP contribution >= 0.6 is 0 Å². The minimum atomic E-state index is 0.183. The number of benzene rings is 2. The van der Waals surface area contributed by atoms with Gasteiger partial charge in [0, 0.05) is 12.4 Å². The summed E-state index contributed by atoms with van der Waals surface area (Å²) in [6.07, 6.45) is 0. The molecule has 1 aromatic heterocycles. The number of hydrogen-bond acceptors (Lipinski definition) is 6. The first kappa shape index (κ1) is 13.1.